The van der Waals surface area contributed by atoms with Crippen molar-refractivity contribution in [2.45, 2.75) is 51.3 Å². The molecule has 29 heavy (non-hydrogen) atoms. The molecule has 4 saturated carbocycles. The van der Waals surface area contributed by atoms with Crippen molar-refractivity contribution in [3.8, 4) is 11.5 Å². The molecule has 6 rings (SSSR count). The van der Waals surface area contributed by atoms with Crippen molar-refractivity contribution in [1.82, 2.24) is 5.32 Å². The number of rotatable bonds is 7. The summed E-state index contributed by atoms with van der Waals surface area (Å²) in [6.07, 6.45) is 7.29. The van der Waals surface area contributed by atoms with E-state index in [0.717, 1.165) is 51.8 Å². The van der Waals surface area contributed by atoms with E-state index in [1.807, 2.05) is 18.2 Å². The molecule has 0 saturated heterocycles. The summed E-state index contributed by atoms with van der Waals surface area (Å²) < 4.78 is 12.8. The lowest BCUT2D eigenvalue weighted by atomic mass is 9.54. The minimum Gasteiger partial charge on any atom is -0.493 e. The first-order chi connectivity index (χ1) is 14.2. The molecular weight excluding hydrogens is 426 g/mol. The highest BCUT2D eigenvalue weighted by Gasteiger charge is 2.47. The summed E-state index contributed by atoms with van der Waals surface area (Å²) in [6, 6.07) is 15.1. The van der Waals surface area contributed by atoms with Gasteiger partial charge < -0.3 is 14.8 Å². The second-order valence-corrected chi connectivity index (χ2v) is 10.1. The summed E-state index contributed by atoms with van der Waals surface area (Å²) >= 11 is 3.76. The number of benzene rings is 2. The molecular formula is C25H30BrNO2. The molecule has 0 spiro atoms. The van der Waals surface area contributed by atoms with Crippen molar-refractivity contribution in [1.29, 1.82) is 0 Å². The fourth-order valence-corrected chi connectivity index (χ4v) is 6.67. The lowest BCUT2D eigenvalue weighted by Gasteiger charge is -2.54. The van der Waals surface area contributed by atoms with Gasteiger partial charge in [-0.25, -0.2) is 0 Å². The van der Waals surface area contributed by atoms with Gasteiger partial charge in [-0.05, 0) is 79.0 Å². The van der Waals surface area contributed by atoms with Gasteiger partial charge in [-0.1, -0.05) is 46.3 Å². The molecule has 0 aromatic heterocycles. The zero-order valence-corrected chi connectivity index (χ0v) is 18.7. The Kier molecular flexibility index (Phi) is 5.57. The Morgan fingerprint density at radius 2 is 1.62 bits per heavy atom. The van der Waals surface area contributed by atoms with Gasteiger partial charge in [0.25, 0.3) is 0 Å². The molecule has 0 aliphatic heterocycles. The minimum atomic E-state index is 0.537. The van der Waals surface area contributed by atoms with Gasteiger partial charge in [0.1, 0.15) is 6.61 Å². The molecule has 2 aromatic rings. The summed E-state index contributed by atoms with van der Waals surface area (Å²) in [6.45, 7) is 1.41. The van der Waals surface area contributed by atoms with Gasteiger partial charge in [0.15, 0.2) is 11.5 Å². The van der Waals surface area contributed by atoms with E-state index in [4.69, 9.17) is 9.47 Å². The molecule has 0 unspecified atom stereocenters. The normalized spacial score (nSPS) is 29.8. The molecule has 154 valence electrons. The Balaban J connectivity index is 1.26. The first kappa shape index (κ1) is 19.4. The Bertz CT molecular complexity index is 825. The molecule has 4 fully saturated rings. The summed E-state index contributed by atoms with van der Waals surface area (Å²) in [5, 5.41) is 3.92. The fourth-order valence-electron chi connectivity index (χ4n) is 6.21. The van der Waals surface area contributed by atoms with Crippen molar-refractivity contribution < 1.29 is 9.47 Å². The summed E-state index contributed by atoms with van der Waals surface area (Å²) in [5.41, 5.74) is 2.39. The second-order valence-electron chi connectivity index (χ2n) is 9.21. The van der Waals surface area contributed by atoms with Crippen LogP contribution in [0.2, 0.25) is 0 Å². The topological polar surface area (TPSA) is 30.5 Å². The molecule has 0 amide bonds. The number of halogens is 1. The van der Waals surface area contributed by atoms with Crippen molar-refractivity contribution in [3.63, 3.8) is 0 Å². The number of hydrogen-bond acceptors (Lipinski definition) is 3. The molecule has 4 heteroatoms. The molecule has 0 atom stereocenters. The quantitative estimate of drug-likeness (QED) is 0.559. The van der Waals surface area contributed by atoms with Gasteiger partial charge in [0, 0.05) is 17.1 Å². The third kappa shape index (κ3) is 4.06. The maximum Gasteiger partial charge on any atom is 0.162 e. The van der Waals surface area contributed by atoms with Gasteiger partial charge in [-0.3, -0.25) is 0 Å². The van der Waals surface area contributed by atoms with Gasteiger partial charge in [0.2, 0.25) is 0 Å². The average Bonchev–Trinajstić information content (AvgIpc) is 2.73. The third-order valence-corrected chi connectivity index (χ3v) is 8.06. The molecule has 4 aliphatic carbocycles. The van der Waals surface area contributed by atoms with E-state index in [9.17, 15) is 0 Å². The average molecular weight is 456 g/mol. The van der Waals surface area contributed by atoms with E-state index in [-0.39, 0.29) is 0 Å². The zero-order chi connectivity index (χ0) is 19.8. The first-order valence-corrected chi connectivity index (χ1v) is 11.8. The number of ether oxygens (including phenoxy) is 2. The maximum absolute atomic E-state index is 6.05. The van der Waals surface area contributed by atoms with Crippen LogP contribution in [0.1, 0.15) is 43.2 Å². The highest BCUT2D eigenvalue weighted by atomic mass is 79.9. The van der Waals surface area contributed by atoms with Crippen LogP contribution >= 0.6 is 15.9 Å². The van der Waals surface area contributed by atoms with E-state index < -0.39 is 0 Å². The largest absolute Gasteiger partial charge is 0.493 e. The summed E-state index contributed by atoms with van der Waals surface area (Å²) in [5.74, 6) is 5.39. The Labute approximate surface area is 182 Å². The van der Waals surface area contributed by atoms with Gasteiger partial charge in [-0.2, -0.15) is 0 Å². The minimum absolute atomic E-state index is 0.537. The Hall–Kier alpha value is -1.52. The fraction of sp³-hybridized carbons (Fsp3) is 0.520. The smallest absolute Gasteiger partial charge is 0.162 e. The van der Waals surface area contributed by atoms with Crippen LogP contribution in [0.5, 0.6) is 11.5 Å². The maximum atomic E-state index is 6.05. The molecule has 0 radical (unpaired) electrons. The standard InChI is InChI=1S/C25H30BrNO2/c1-28-23-12-21(22(26)13-24(23)29-15-16-5-3-2-4-6-16)14-27-25-19-8-17-7-18(10-19)11-20(25)9-17/h2-6,12-13,17-20,25,27H,7-11,14-15H2,1H3. The van der Waals surface area contributed by atoms with Crippen LogP contribution in [0.3, 0.4) is 0 Å². The zero-order valence-electron chi connectivity index (χ0n) is 17.1. The molecule has 0 heterocycles. The van der Waals surface area contributed by atoms with Crippen molar-refractivity contribution >= 4 is 15.9 Å². The summed E-state index contributed by atoms with van der Waals surface area (Å²) in [4.78, 5) is 0. The summed E-state index contributed by atoms with van der Waals surface area (Å²) in [7, 11) is 1.72. The predicted molar refractivity (Wildman–Crippen MR) is 119 cm³/mol. The number of hydrogen-bond donors (Lipinski definition) is 1. The third-order valence-electron chi connectivity index (χ3n) is 7.32. The van der Waals surface area contributed by atoms with Crippen LogP contribution in [0.4, 0.5) is 0 Å². The van der Waals surface area contributed by atoms with Crippen molar-refractivity contribution in [3.05, 3.63) is 58.1 Å². The van der Waals surface area contributed by atoms with E-state index in [2.05, 4.69) is 45.5 Å². The Morgan fingerprint density at radius 1 is 0.931 bits per heavy atom. The highest BCUT2D eigenvalue weighted by Crippen LogP contribution is 2.53. The van der Waals surface area contributed by atoms with E-state index >= 15 is 0 Å². The number of nitrogens with one attached hydrogen (secondary N) is 1. The molecule has 1 N–H and O–H groups in total. The van der Waals surface area contributed by atoms with E-state index in [1.165, 1.54) is 37.7 Å². The van der Waals surface area contributed by atoms with Crippen LogP contribution in [-0.2, 0) is 13.2 Å². The van der Waals surface area contributed by atoms with Crippen molar-refractivity contribution in [2.24, 2.45) is 23.7 Å². The van der Waals surface area contributed by atoms with Crippen LogP contribution in [0, 0.1) is 23.7 Å². The van der Waals surface area contributed by atoms with Crippen molar-refractivity contribution in [2.75, 3.05) is 7.11 Å². The monoisotopic (exact) mass is 455 g/mol. The molecule has 4 aliphatic rings. The first-order valence-electron chi connectivity index (χ1n) is 11.0. The van der Waals surface area contributed by atoms with Crippen LogP contribution in [0.25, 0.3) is 0 Å². The Morgan fingerprint density at radius 3 is 2.28 bits per heavy atom. The second kappa shape index (κ2) is 8.31. The van der Waals surface area contributed by atoms with Gasteiger partial charge >= 0.3 is 0 Å². The van der Waals surface area contributed by atoms with Crippen LogP contribution in [0.15, 0.2) is 46.9 Å². The van der Waals surface area contributed by atoms with Gasteiger partial charge in [0.05, 0.1) is 7.11 Å². The molecule has 2 aromatic carbocycles. The van der Waals surface area contributed by atoms with E-state index in [1.54, 1.807) is 7.11 Å². The number of methoxy groups -OCH3 is 1. The highest BCUT2D eigenvalue weighted by molar-refractivity contribution is 9.10. The predicted octanol–water partition coefficient (Wildman–Crippen LogP) is 5.95. The van der Waals surface area contributed by atoms with Crippen LogP contribution < -0.4 is 14.8 Å². The lowest BCUT2D eigenvalue weighted by Crippen LogP contribution is -2.54. The van der Waals surface area contributed by atoms with Crippen LogP contribution in [-0.4, -0.2) is 13.2 Å². The SMILES string of the molecule is COc1cc(CNC2C3CC4CC(C3)CC2C4)c(Br)cc1OCc1ccccc1. The van der Waals surface area contributed by atoms with Gasteiger partial charge in [-0.15, -0.1) is 0 Å². The molecule has 4 bridgehead atoms. The van der Waals surface area contributed by atoms with E-state index in [0.29, 0.717) is 12.6 Å². The molecule has 3 nitrogen and oxygen atoms in total. The lowest BCUT2D eigenvalue weighted by molar-refractivity contribution is -0.0142.